The summed E-state index contributed by atoms with van der Waals surface area (Å²) in [6.45, 7) is 5.94. The highest BCUT2D eigenvalue weighted by atomic mass is 32.1. The molecule has 19 heavy (non-hydrogen) atoms. The van der Waals surface area contributed by atoms with Gasteiger partial charge in [-0.05, 0) is 57.1 Å². The highest BCUT2D eigenvalue weighted by Gasteiger charge is 2.21. The maximum Gasteiger partial charge on any atom is 0.261 e. The molecule has 3 atom stereocenters. The number of aliphatic hydroxyl groups excluding tert-OH is 1. The number of fused-ring (bicyclic) bond motifs is 1. The second-order valence-electron chi connectivity index (χ2n) is 5.87. The maximum atomic E-state index is 12.2. The van der Waals surface area contributed by atoms with Crippen molar-refractivity contribution in [2.45, 2.75) is 58.6 Å². The molecule has 0 aliphatic heterocycles. The molecule has 4 heteroatoms. The van der Waals surface area contributed by atoms with E-state index in [4.69, 9.17) is 0 Å². The normalized spacial score (nSPS) is 21.6. The highest BCUT2D eigenvalue weighted by molar-refractivity contribution is 7.14. The van der Waals surface area contributed by atoms with E-state index in [9.17, 15) is 9.90 Å². The Bertz CT molecular complexity index is 453. The lowest BCUT2D eigenvalue weighted by Crippen LogP contribution is -2.34. The zero-order valence-electron chi connectivity index (χ0n) is 11.9. The minimum atomic E-state index is -0.382. The van der Waals surface area contributed by atoms with Crippen LogP contribution in [0.5, 0.6) is 0 Å². The molecular weight excluding hydrogens is 258 g/mol. The van der Waals surface area contributed by atoms with Crippen LogP contribution < -0.4 is 5.32 Å². The average Bonchev–Trinajstić information content (AvgIpc) is 2.70. The Kier molecular flexibility index (Phi) is 4.63. The minimum absolute atomic E-state index is 0.000188. The van der Waals surface area contributed by atoms with E-state index in [0.29, 0.717) is 6.42 Å². The monoisotopic (exact) mass is 281 g/mol. The molecule has 1 amide bonds. The van der Waals surface area contributed by atoms with Crippen molar-refractivity contribution in [2.75, 3.05) is 0 Å². The van der Waals surface area contributed by atoms with Crippen molar-refractivity contribution in [3.05, 3.63) is 21.4 Å². The third-order valence-corrected chi connectivity index (χ3v) is 4.86. The number of amides is 1. The van der Waals surface area contributed by atoms with Crippen LogP contribution in [0.2, 0.25) is 0 Å². The fourth-order valence-corrected chi connectivity index (χ4v) is 3.79. The zero-order valence-corrected chi connectivity index (χ0v) is 12.7. The Labute approximate surface area is 119 Å². The fraction of sp³-hybridized carbons (Fsp3) is 0.667. The van der Waals surface area contributed by atoms with Crippen molar-refractivity contribution >= 4 is 17.2 Å². The summed E-state index contributed by atoms with van der Waals surface area (Å²) in [6.07, 6.45) is 3.65. The highest BCUT2D eigenvalue weighted by Crippen LogP contribution is 2.32. The Morgan fingerprint density at radius 2 is 2.32 bits per heavy atom. The van der Waals surface area contributed by atoms with E-state index in [-0.39, 0.29) is 18.1 Å². The van der Waals surface area contributed by atoms with Crippen LogP contribution in [0.15, 0.2) is 6.07 Å². The molecule has 0 fully saturated rings. The molecule has 1 aliphatic carbocycles. The summed E-state index contributed by atoms with van der Waals surface area (Å²) in [6, 6.07) is 2.06. The van der Waals surface area contributed by atoms with Gasteiger partial charge in [-0.3, -0.25) is 4.79 Å². The molecule has 0 radical (unpaired) electrons. The lowest BCUT2D eigenvalue weighted by atomic mass is 9.90. The van der Waals surface area contributed by atoms with Crippen LogP contribution in [-0.2, 0) is 12.8 Å². The first kappa shape index (κ1) is 14.5. The summed E-state index contributed by atoms with van der Waals surface area (Å²) in [5.41, 5.74) is 1.36. The third kappa shape index (κ3) is 3.80. The van der Waals surface area contributed by atoms with Crippen LogP contribution in [0.1, 0.15) is 53.7 Å². The predicted octanol–water partition coefficient (Wildman–Crippen LogP) is 2.76. The number of aliphatic hydroxyl groups is 1. The van der Waals surface area contributed by atoms with Gasteiger partial charge in [0.25, 0.3) is 5.91 Å². The van der Waals surface area contributed by atoms with E-state index in [2.05, 4.69) is 18.3 Å². The van der Waals surface area contributed by atoms with E-state index < -0.39 is 0 Å². The number of thiophene rings is 1. The number of carbonyl (C=O) groups excluding carboxylic acids is 1. The first-order valence-electron chi connectivity index (χ1n) is 7.06. The van der Waals surface area contributed by atoms with E-state index in [1.165, 1.54) is 16.9 Å². The van der Waals surface area contributed by atoms with Gasteiger partial charge < -0.3 is 10.4 Å². The topological polar surface area (TPSA) is 49.3 Å². The van der Waals surface area contributed by atoms with Crippen molar-refractivity contribution in [3.63, 3.8) is 0 Å². The van der Waals surface area contributed by atoms with Crippen molar-refractivity contribution in [1.82, 2.24) is 5.32 Å². The lowest BCUT2D eigenvalue weighted by molar-refractivity contribution is 0.0927. The first-order valence-corrected chi connectivity index (χ1v) is 7.88. The third-order valence-electron chi connectivity index (χ3n) is 3.63. The Morgan fingerprint density at radius 3 is 3.00 bits per heavy atom. The summed E-state index contributed by atoms with van der Waals surface area (Å²) < 4.78 is 0. The van der Waals surface area contributed by atoms with Crippen LogP contribution >= 0.6 is 11.3 Å². The van der Waals surface area contributed by atoms with Gasteiger partial charge in [-0.1, -0.05) is 6.92 Å². The van der Waals surface area contributed by atoms with Gasteiger partial charge in [-0.15, -0.1) is 11.3 Å². The Balaban J connectivity index is 2.00. The van der Waals surface area contributed by atoms with E-state index in [1.807, 2.05) is 6.92 Å². The van der Waals surface area contributed by atoms with Crippen molar-refractivity contribution in [1.29, 1.82) is 0 Å². The number of hydrogen-bond acceptors (Lipinski definition) is 3. The van der Waals surface area contributed by atoms with E-state index >= 15 is 0 Å². The molecular formula is C15H23NO2S. The lowest BCUT2D eigenvalue weighted by Gasteiger charge is -2.16. The SMILES string of the molecule is CC(O)CC(C)NC(=O)c1cc2c(s1)CCC(C)C2. The molecule has 0 spiro atoms. The van der Waals surface area contributed by atoms with Crippen LogP contribution in [0.4, 0.5) is 0 Å². The summed E-state index contributed by atoms with van der Waals surface area (Å²) in [4.78, 5) is 14.4. The predicted molar refractivity (Wildman–Crippen MR) is 78.7 cm³/mol. The smallest absolute Gasteiger partial charge is 0.261 e. The fourth-order valence-electron chi connectivity index (χ4n) is 2.68. The first-order chi connectivity index (χ1) is 8.95. The molecule has 0 saturated carbocycles. The number of aryl methyl sites for hydroxylation is 1. The summed E-state index contributed by atoms with van der Waals surface area (Å²) in [5, 5.41) is 12.3. The van der Waals surface area contributed by atoms with Gasteiger partial charge in [-0.25, -0.2) is 0 Å². The number of hydrogen-bond donors (Lipinski definition) is 2. The average molecular weight is 281 g/mol. The van der Waals surface area contributed by atoms with Gasteiger partial charge in [-0.2, -0.15) is 0 Å². The van der Waals surface area contributed by atoms with Crippen LogP contribution in [0, 0.1) is 5.92 Å². The molecule has 1 aromatic heterocycles. The Morgan fingerprint density at radius 1 is 1.58 bits per heavy atom. The summed E-state index contributed by atoms with van der Waals surface area (Å²) >= 11 is 1.63. The minimum Gasteiger partial charge on any atom is -0.393 e. The van der Waals surface area contributed by atoms with Crippen molar-refractivity contribution in [3.8, 4) is 0 Å². The number of carbonyl (C=O) groups is 1. The van der Waals surface area contributed by atoms with E-state index in [1.54, 1.807) is 18.3 Å². The van der Waals surface area contributed by atoms with Crippen LogP contribution in [-0.4, -0.2) is 23.2 Å². The molecule has 2 rings (SSSR count). The molecule has 3 unspecified atom stereocenters. The van der Waals surface area contributed by atoms with Crippen molar-refractivity contribution in [2.24, 2.45) is 5.92 Å². The molecule has 0 aromatic carbocycles. The van der Waals surface area contributed by atoms with E-state index in [0.717, 1.165) is 23.6 Å². The summed E-state index contributed by atoms with van der Waals surface area (Å²) in [7, 11) is 0. The van der Waals surface area contributed by atoms with Gasteiger partial charge in [0.2, 0.25) is 0 Å². The molecule has 1 aromatic rings. The second kappa shape index (κ2) is 6.06. The van der Waals surface area contributed by atoms with Crippen molar-refractivity contribution < 1.29 is 9.90 Å². The maximum absolute atomic E-state index is 12.2. The molecule has 106 valence electrons. The molecule has 1 heterocycles. The second-order valence-corrected chi connectivity index (χ2v) is 7.00. The molecule has 0 bridgehead atoms. The van der Waals surface area contributed by atoms with Gasteiger partial charge in [0.05, 0.1) is 11.0 Å². The van der Waals surface area contributed by atoms with Gasteiger partial charge in [0, 0.05) is 10.9 Å². The molecule has 2 N–H and O–H groups in total. The molecule has 1 aliphatic rings. The Hall–Kier alpha value is -0.870. The zero-order chi connectivity index (χ0) is 14.0. The van der Waals surface area contributed by atoms with Gasteiger partial charge in [0.1, 0.15) is 0 Å². The molecule has 0 saturated heterocycles. The molecule has 3 nitrogen and oxygen atoms in total. The number of rotatable bonds is 4. The standard InChI is InChI=1S/C15H23NO2S/c1-9-4-5-13-12(6-9)8-14(19-13)15(18)16-10(2)7-11(3)17/h8-11,17H,4-7H2,1-3H3,(H,16,18). The van der Waals surface area contributed by atoms with Gasteiger partial charge in [0.15, 0.2) is 0 Å². The van der Waals surface area contributed by atoms with Crippen LogP contribution in [0.25, 0.3) is 0 Å². The summed E-state index contributed by atoms with van der Waals surface area (Å²) in [5.74, 6) is 0.729. The van der Waals surface area contributed by atoms with Crippen LogP contribution in [0.3, 0.4) is 0 Å². The van der Waals surface area contributed by atoms with Gasteiger partial charge >= 0.3 is 0 Å². The quantitative estimate of drug-likeness (QED) is 0.891. The number of nitrogens with one attached hydrogen (secondary N) is 1. The largest absolute Gasteiger partial charge is 0.393 e.